The van der Waals surface area contributed by atoms with Crippen molar-refractivity contribution >= 4 is 29.5 Å². The quantitative estimate of drug-likeness (QED) is 0.251. The van der Waals surface area contributed by atoms with Crippen LogP contribution in [-0.4, -0.2) is 18.8 Å². The first-order valence-electron chi connectivity index (χ1n) is 11.1. The van der Waals surface area contributed by atoms with Crippen LogP contribution in [0.4, 0.5) is 8.78 Å². The van der Waals surface area contributed by atoms with Gasteiger partial charge in [0.05, 0.1) is 17.2 Å². The summed E-state index contributed by atoms with van der Waals surface area (Å²) >= 11 is 0. The Balaban J connectivity index is 1.80. The molecule has 1 saturated carbocycles. The zero-order valence-electron chi connectivity index (χ0n) is 19.0. The van der Waals surface area contributed by atoms with E-state index in [1.807, 2.05) is 0 Å². The maximum atomic E-state index is 14.8. The molecule has 0 unspecified atom stereocenters. The number of benzene rings is 2. The molecule has 5 rings (SSSR count). The minimum atomic E-state index is -3.40. The number of nitrogens with zero attached hydrogens (tertiary/aromatic N) is 1. The highest BCUT2D eigenvalue weighted by Crippen LogP contribution is 2.49. The molecule has 35 heavy (non-hydrogen) atoms. The Morgan fingerprint density at radius 2 is 1.80 bits per heavy atom. The van der Waals surface area contributed by atoms with Crippen LogP contribution in [0.1, 0.15) is 36.4 Å². The van der Waals surface area contributed by atoms with Gasteiger partial charge >= 0.3 is 7.60 Å². The zero-order valence-corrected chi connectivity index (χ0v) is 19.9. The van der Waals surface area contributed by atoms with Crippen molar-refractivity contribution in [3.8, 4) is 5.69 Å². The van der Waals surface area contributed by atoms with Gasteiger partial charge in [0, 0.05) is 26.0 Å². The van der Waals surface area contributed by atoms with Crippen LogP contribution in [0.2, 0.25) is 0 Å². The molecule has 0 amide bonds. The van der Waals surface area contributed by atoms with Crippen LogP contribution in [0.5, 0.6) is 0 Å². The lowest BCUT2D eigenvalue weighted by Gasteiger charge is -2.28. The molecule has 1 aliphatic carbocycles. The summed E-state index contributed by atoms with van der Waals surface area (Å²) in [6, 6.07) is 9.83. The molecule has 182 valence electrons. The fourth-order valence-electron chi connectivity index (χ4n) is 4.44. The second kappa shape index (κ2) is 8.82. The van der Waals surface area contributed by atoms with E-state index in [-0.39, 0.29) is 39.7 Å². The van der Waals surface area contributed by atoms with E-state index < -0.39 is 30.2 Å². The van der Waals surface area contributed by atoms with Crippen LogP contribution in [0.25, 0.3) is 27.6 Å². The van der Waals surface area contributed by atoms with Gasteiger partial charge in [0.25, 0.3) is 5.56 Å². The number of halogens is 2. The molecule has 2 aromatic carbocycles. The van der Waals surface area contributed by atoms with Crippen molar-refractivity contribution in [2.45, 2.75) is 31.3 Å². The van der Waals surface area contributed by atoms with Crippen LogP contribution in [0.15, 0.2) is 56.5 Å². The van der Waals surface area contributed by atoms with Crippen LogP contribution >= 0.6 is 7.60 Å². The van der Waals surface area contributed by atoms with Crippen LogP contribution in [0.3, 0.4) is 0 Å². The maximum absolute atomic E-state index is 14.8. The van der Waals surface area contributed by atoms with Crippen LogP contribution < -0.4 is 11.0 Å². The maximum Gasteiger partial charge on any atom is 0.334 e. The standard InChI is InChI=1S/C25H22F2NO6P/c1-32-35(31,33-2)13-14-9-10-20-16(11-14)24(29)22-21(34-20)12-19(15-5-3-6-15)28(25(22)30)18-8-4-7-17(26)23(18)27/h4,7-12,15H,3,5-6,13H2,1-2H3. The van der Waals surface area contributed by atoms with E-state index in [0.29, 0.717) is 11.3 Å². The predicted octanol–water partition coefficient (Wildman–Crippen LogP) is 5.63. The third-order valence-electron chi connectivity index (χ3n) is 6.56. The van der Waals surface area contributed by atoms with Gasteiger partial charge in [-0.2, -0.15) is 0 Å². The third kappa shape index (κ3) is 3.93. The number of pyridine rings is 1. The molecule has 2 heterocycles. The largest absolute Gasteiger partial charge is 0.456 e. The summed E-state index contributed by atoms with van der Waals surface area (Å²) in [5, 5.41) is -0.184. The van der Waals surface area contributed by atoms with Crippen molar-refractivity contribution in [2.75, 3.05) is 14.2 Å². The molecule has 0 atom stereocenters. The van der Waals surface area contributed by atoms with E-state index >= 15 is 0 Å². The van der Waals surface area contributed by atoms with Crippen LogP contribution in [-0.2, 0) is 19.8 Å². The fourth-order valence-corrected chi connectivity index (χ4v) is 5.49. The summed E-state index contributed by atoms with van der Waals surface area (Å²) in [6.45, 7) is 0. The molecule has 10 heteroatoms. The molecular weight excluding hydrogens is 479 g/mol. The number of aromatic nitrogens is 1. The second-order valence-corrected chi connectivity index (χ2v) is 10.8. The molecular formula is C25H22F2NO6P. The van der Waals surface area contributed by atoms with E-state index in [4.69, 9.17) is 13.5 Å². The highest BCUT2D eigenvalue weighted by molar-refractivity contribution is 7.52. The molecule has 0 spiro atoms. The number of rotatable bonds is 6. The Hall–Kier alpha value is -3.13. The summed E-state index contributed by atoms with van der Waals surface area (Å²) in [6.07, 6.45) is 2.41. The summed E-state index contributed by atoms with van der Waals surface area (Å²) in [5.41, 5.74) is -0.387. The zero-order chi connectivity index (χ0) is 24.9. The number of hydrogen-bond acceptors (Lipinski definition) is 6. The van der Waals surface area contributed by atoms with E-state index in [9.17, 15) is 22.9 Å². The Morgan fingerprint density at radius 1 is 1.06 bits per heavy atom. The van der Waals surface area contributed by atoms with Crippen LogP contribution in [0, 0.1) is 11.6 Å². The van der Waals surface area contributed by atoms with E-state index in [1.54, 1.807) is 18.2 Å². The van der Waals surface area contributed by atoms with E-state index in [0.717, 1.165) is 29.9 Å². The van der Waals surface area contributed by atoms with Crippen molar-refractivity contribution in [3.63, 3.8) is 0 Å². The average molecular weight is 501 g/mol. The average Bonchev–Trinajstić information content (AvgIpc) is 2.81. The monoisotopic (exact) mass is 501 g/mol. The minimum Gasteiger partial charge on any atom is -0.456 e. The molecule has 0 aliphatic heterocycles. The molecule has 4 aromatic rings. The molecule has 0 radical (unpaired) electrons. The van der Waals surface area contributed by atoms with E-state index in [2.05, 4.69) is 0 Å². The van der Waals surface area contributed by atoms with Crippen molar-refractivity contribution in [1.82, 2.24) is 4.57 Å². The second-order valence-electron chi connectivity index (χ2n) is 8.55. The fraction of sp³-hybridized carbons (Fsp3) is 0.280. The molecule has 0 bridgehead atoms. The van der Waals surface area contributed by atoms with Gasteiger partial charge in [-0.3, -0.25) is 18.7 Å². The Bertz CT molecular complexity index is 1630. The predicted molar refractivity (Wildman–Crippen MR) is 127 cm³/mol. The Morgan fingerprint density at radius 3 is 2.46 bits per heavy atom. The van der Waals surface area contributed by atoms with Gasteiger partial charge in [-0.05, 0) is 48.6 Å². The van der Waals surface area contributed by atoms with Gasteiger partial charge in [0.15, 0.2) is 11.6 Å². The lowest BCUT2D eigenvalue weighted by atomic mass is 9.82. The smallest absolute Gasteiger partial charge is 0.334 e. The first-order valence-corrected chi connectivity index (χ1v) is 12.8. The SMILES string of the molecule is COP(=O)(Cc1ccc2oc3cc(C4CCC4)n(-c4cccc(F)c4F)c(=O)c3c(=O)c2c1)OC. The summed E-state index contributed by atoms with van der Waals surface area (Å²) in [7, 11) is -0.873. The van der Waals surface area contributed by atoms with Gasteiger partial charge in [-0.25, -0.2) is 8.78 Å². The van der Waals surface area contributed by atoms with Crippen molar-refractivity contribution in [1.29, 1.82) is 0 Å². The minimum absolute atomic E-state index is 0.0459. The molecule has 1 aliphatic rings. The summed E-state index contributed by atoms with van der Waals surface area (Å²) < 4.78 is 58.3. The first-order chi connectivity index (χ1) is 16.8. The Labute approximate surface area is 198 Å². The highest BCUT2D eigenvalue weighted by Gasteiger charge is 2.28. The van der Waals surface area contributed by atoms with Gasteiger partial charge < -0.3 is 13.5 Å². The third-order valence-corrected chi connectivity index (χ3v) is 8.43. The topological polar surface area (TPSA) is 87.7 Å². The molecule has 1 fully saturated rings. The van der Waals surface area contributed by atoms with E-state index in [1.165, 1.54) is 32.4 Å². The lowest BCUT2D eigenvalue weighted by Crippen LogP contribution is -2.29. The summed E-state index contributed by atoms with van der Waals surface area (Å²) in [5.74, 6) is -2.31. The van der Waals surface area contributed by atoms with Crippen molar-refractivity contribution in [3.05, 3.63) is 85.9 Å². The molecule has 7 nitrogen and oxygen atoms in total. The number of hydrogen-bond donors (Lipinski definition) is 0. The van der Waals surface area contributed by atoms with Crippen molar-refractivity contribution < 1.29 is 26.8 Å². The molecule has 2 aromatic heterocycles. The summed E-state index contributed by atoms with van der Waals surface area (Å²) in [4.78, 5) is 27.2. The molecule has 0 N–H and O–H groups in total. The highest BCUT2D eigenvalue weighted by atomic mass is 31.2. The molecule has 0 saturated heterocycles. The number of fused-ring (bicyclic) bond motifs is 2. The van der Waals surface area contributed by atoms with Crippen molar-refractivity contribution in [2.24, 2.45) is 0 Å². The van der Waals surface area contributed by atoms with Gasteiger partial charge in [-0.1, -0.05) is 18.6 Å². The van der Waals surface area contributed by atoms with Gasteiger partial charge in [0.1, 0.15) is 16.6 Å². The lowest BCUT2D eigenvalue weighted by molar-refractivity contribution is 0.275. The Kier molecular flexibility index (Phi) is 5.95. The first kappa shape index (κ1) is 23.6. The van der Waals surface area contributed by atoms with Gasteiger partial charge in [-0.15, -0.1) is 0 Å². The normalized spacial score (nSPS) is 14.5. The van der Waals surface area contributed by atoms with Gasteiger partial charge in [0.2, 0.25) is 5.43 Å².